The largest absolute Gasteiger partial charge is 0.455 e. The molecule has 1 aromatic heterocycles. The Hall–Kier alpha value is -6.64. The lowest BCUT2D eigenvalue weighted by Crippen LogP contribution is -2.10. The molecular weight excluding hydrogens is 607 g/mol. The molecule has 2 nitrogen and oxygen atoms in total. The molecule has 0 saturated carbocycles. The van der Waals surface area contributed by atoms with Gasteiger partial charge in [0.15, 0.2) is 0 Å². The molecule has 234 valence electrons. The van der Waals surface area contributed by atoms with Crippen LogP contribution in [-0.4, -0.2) is 0 Å². The zero-order chi connectivity index (χ0) is 33.0. The summed E-state index contributed by atoms with van der Waals surface area (Å²) in [4.78, 5) is 2.37. The summed E-state index contributed by atoms with van der Waals surface area (Å²) in [6.45, 7) is 0. The molecule has 0 fully saturated rings. The van der Waals surface area contributed by atoms with E-state index in [0.717, 1.165) is 55.5 Å². The third-order valence-corrected chi connectivity index (χ3v) is 10.0. The van der Waals surface area contributed by atoms with Gasteiger partial charge in [-0.1, -0.05) is 140 Å². The Balaban J connectivity index is 1.13. The summed E-state index contributed by atoms with van der Waals surface area (Å²) < 4.78 is 6.51. The van der Waals surface area contributed by atoms with E-state index in [0.29, 0.717) is 0 Å². The van der Waals surface area contributed by atoms with E-state index >= 15 is 0 Å². The zero-order valence-electron chi connectivity index (χ0n) is 27.3. The van der Waals surface area contributed by atoms with Crippen LogP contribution < -0.4 is 4.90 Å². The zero-order valence-corrected chi connectivity index (χ0v) is 27.3. The molecule has 0 aliphatic heterocycles. The summed E-state index contributed by atoms with van der Waals surface area (Å²) >= 11 is 0. The molecule has 0 aliphatic rings. The molecule has 1 heterocycles. The molecule has 0 saturated heterocycles. The minimum Gasteiger partial charge on any atom is -0.455 e. The highest BCUT2D eigenvalue weighted by Crippen LogP contribution is 2.42. The number of furan rings is 1. The quantitative estimate of drug-likeness (QED) is 0.175. The first-order valence-electron chi connectivity index (χ1n) is 17.1. The van der Waals surface area contributed by atoms with Crippen molar-refractivity contribution in [3.8, 4) is 22.3 Å². The summed E-state index contributed by atoms with van der Waals surface area (Å²) in [6.07, 6.45) is 0. The van der Waals surface area contributed by atoms with Crippen LogP contribution in [0, 0.1) is 0 Å². The van der Waals surface area contributed by atoms with Crippen LogP contribution in [0.2, 0.25) is 0 Å². The average Bonchev–Trinajstić information content (AvgIpc) is 3.58. The van der Waals surface area contributed by atoms with Gasteiger partial charge in [-0.25, -0.2) is 0 Å². The first kappa shape index (κ1) is 28.4. The van der Waals surface area contributed by atoms with Crippen molar-refractivity contribution in [3.05, 3.63) is 188 Å². The van der Waals surface area contributed by atoms with Gasteiger partial charge in [-0.2, -0.15) is 0 Å². The Kier molecular flexibility index (Phi) is 6.53. The van der Waals surface area contributed by atoms with Crippen LogP contribution in [0.1, 0.15) is 0 Å². The fourth-order valence-electron chi connectivity index (χ4n) is 7.62. The lowest BCUT2D eigenvalue weighted by Gasteiger charge is -2.27. The van der Waals surface area contributed by atoms with Crippen LogP contribution in [0.15, 0.2) is 192 Å². The van der Waals surface area contributed by atoms with Gasteiger partial charge < -0.3 is 9.32 Å². The summed E-state index contributed by atoms with van der Waals surface area (Å²) in [7, 11) is 0. The van der Waals surface area contributed by atoms with Crippen molar-refractivity contribution in [3.63, 3.8) is 0 Å². The normalized spacial score (nSPS) is 11.6. The van der Waals surface area contributed by atoms with Crippen LogP contribution in [0.25, 0.3) is 76.5 Å². The Morgan fingerprint density at radius 1 is 0.340 bits per heavy atom. The van der Waals surface area contributed by atoms with Crippen molar-refractivity contribution >= 4 is 71.3 Å². The van der Waals surface area contributed by atoms with Crippen LogP contribution in [0.4, 0.5) is 17.1 Å². The van der Waals surface area contributed by atoms with Crippen molar-refractivity contribution in [1.29, 1.82) is 0 Å². The maximum absolute atomic E-state index is 6.51. The number of benzene rings is 9. The van der Waals surface area contributed by atoms with E-state index < -0.39 is 0 Å². The van der Waals surface area contributed by atoms with Crippen molar-refractivity contribution in [2.24, 2.45) is 0 Å². The van der Waals surface area contributed by atoms with Crippen molar-refractivity contribution < 1.29 is 4.42 Å². The van der Waals surface area contributed by atoms with E-state index in [1.54, 1.807) is 0 Å². The number of anilines is 3. The molecule has 2 heteroatoms. The van der Waals surface area contributed by atoms with Gasteiger partial charge in [-0.05, 0) is 97.7 Å². The van der Waals surface area contributed by atoms with Gasteiger partial charge in [-0.15, -0.1) is 0 Å². The van der Waals surface area contributed by atoms with Gasteiger partial charge in [0.05, 0.1) is 0 Å². The lowest BCUT2D eigenvalue weighted by atomic mass is 9.96. The van der Waals surface area contributed by atoms with Crippen molar-refractivity contribution in [2.45, 2.75) is 0 Å². The second-order valence-electron chi connectivity index (χ2n) is 12.9. The van der Waals surface area contributed by atoms with E-state index in [2.05, 4.69) is 187 Å². The molecule has 50 heavy (non-hydrogen) atoms. The molecule has 0 bridgehead atoms. The fourth-order valence-corrected chi connectivity index (χ4v) is 7.62. The van der Waals surface area contributed by atoms with E-state index in [-0.39, 0.29) is 0 Å². The number of hydrogen-bond acceptors (Lipinski definition) is 2. The Morgan fingerprint density at radius 3 is 1.88 bits per heavy atom. The van der Waals surface area contributed by atoms with Gasteiger partial charge in [0.1, 0.15) is 11.2 Å². The van der Waals surface area contributed by atoms with Crippen molar-refractivity contribution in [2.75, 3.05) is 4.90 Å². The standard InChI is InChI=1S/C48H31NO/c1-2-10-32(11-3-1)36-14-8-15-39(30-36)49(40-27-29-42-37(31-40)21-20-33-12-4-5-16-41(33)42)38-25-22-34(23-26-38)43-18-9-13-35-24-28-45-44-17-6-7-19-46(44)50-48(45)47(35)43/h1-31H. The van der Waals surface area contributed by atoms with Gasteiger partial charge in [0.25, 0.3) is 0 Å². The molecule has 0 aliphatic carbocycles. The third-order valence-electron chi connectivity index (χ3n) is 10.0. The average molecular weight is 638 g/mol. The van der Waals surface area contributed by atoms with Gasteiger partial charge in [-0.3, -0.25) is 0 Å². The Labute approximate surface area is 290 Å². The molecule has 9 aromatic carbocycles. The number of hydrogen-bond donors (Lipinski definition) is 0. The summed E-state index contributed by atoms with van der Waals surface area (Å²) in [6, 6.07) is 67.5. The second kappa shape index (κ2) is 11.5. The maximum atomic E-state index is 6.51. The molecule has 0 N–H and O–H groups in total. The molecule has 0 radical (unpaired) electrons. The smallest absolute Gasteiger partial charge is 0.143 e. The molecule has 0 amide bonds. The van der Waals surface area contributed by atoms with Crippen LogP contribution in [0.5, 0.6) is 0 Å². The number of rotatable bonds is 5. The highest BCUT2D eigenvalue weighted by atomic mass is 16.3. The van der Waals surface area contributed by atoms with Gasteiger partial charge >= 0.3 is 0 Å². The minimum absolute atomic E-state index is 0.914. The monoisotopic (exact) mass is 637 g/mol. The highest BCUT2D eigenvalue weighted by molar-refractivity contribution is 6.19. The van der Waals surface area contributed by atoms with Crippen LogP contribution in [0.3, 0.4) is 0 Å². The molecule has 0 atom stereocenters. The molecular formula is C48H31NO. The SMILES string of the molecule is c1ccc(-c2cccc(N(c3ccc(-c4cccc5ccc6c7ccccc7oc6c45)cc3)c3ccc4c(ccc5ccccc54)c3)c2)cc1. The third kappa shape index (κ3) is 4.65. The maximum Gasteiger partial charge on any atom is 0.143 e. The lowest BCUT2D eigenvalue weighted by molar-refractivity contribution is 0.673. The topological polar surface area (TPSA) is 16.4 Å². The predicted octanol–water partition coefficient (Wildman–Crippen LogP) is 13.8. The minimum atomic E-state index is 0.914. The van der Waals surface area contributed by atoms with Gasteiger partial charge in [0, 0.05) is 33.2 Å². The van der Waals surface area contributed by atoms with Crippen LogP contribution >= 0.6 is 0 Å². The Morgan fingerprint density at radius 2 is 0.980 bits per heavy atom. The first-order valence-corrected chi connectivity index (χ1v) is 17.1. The van der Waals surface area contributed by atoms with Crippen LogP contribution in [-0.2, 0) is 0 Å². The van der Waals surface area contributed by atoms with E-state index in [1.807, 2.05) is 6.07 Å². The molecule has 0 spiro atoms. The molecule has 10 aromatic rings. The number of para-hydroxylation sites is 1. The summed E-state index contributed by atoms with van der Waals surface area (Å²) in [5.74, 6) is 0. The number of fused-ring (bicyclic) bond motifs is 8. The second-order valence-corrected chi connectivity index (χ2v) is 12.9. The first-order chi connectivity index (χ1) is 24.8. The number of nitrogens with zero attached hydrogens (tertiary/aromatic N) is 1. The van der Waals surface area contributed by atoms with E-state index in [9.17, 15) is 0 Å². The van der Waals surface area contributed by atoms with Crippen molar-refractivity contribution in [1.82, 2.24) is 0 Å². The molecule has 10 rings (SSSR count). The summed E-state index contributed by atoms with van der Waals surface area (Å²) in [5.41, 5.74) is 9.85. The summed E-state index contributed by atoms with van der Waals surface area (Å²) in [5, 5.41) is 9.60. The highest BCUT2D eigenvalue weighted by Gasteiger charge is 2.17. The Bertz CT molecular complexity index is 2870. The van der Waals surface area contributed by atoms with E-state index in [1.165, 1.54) is 38.1 Å². The predicted molar refractivity (Wildman–Crippen MR) is 212 cm³/mol. The molecule has 0 unspecified atom stereocenters. The fraction of sp³-hybridized carbons (Fsp3) is 0. The van der Waals surface area contributed by atoms with Gasteiger partial charge in [0.2, 0.25) is 0 Å². The van der Waals surface area contributed by atoms with E-state index in [4.69, 9.17) is 4.42 Å².